The van der Waals surface area contributed by atoms with Crippen molar-refractivity contribution >= 4 is 24.4 Å². The topological polar surface area (TPSA) is 51.2 Å². The second-order valence-electron chi connectivity index (χ2n) is 10.7. The summed E-state index contributed by atoms with van der Waals surface area (Å²) in [7, 11) is -0.609. The molecule has 164 valence electrons. The Kier molecular flexibility index (Phi) is 4.90. The smallest absolute Gasteiger partial charge is 0.444 e. The van der Waals surface area contributed by atoms with Gasteiger partial charge in [-0.25, -0.2) is 9.18 Å². The van der Waals surface area contributed by atoms with E-state index in [9.17, 15) is 9.18 Å². The number of amides is 1. The van der Waals surface area contributed by atoms with Crippen LogP contribution in [0.1, 0.15) is 54.9 Å². The summed E-state index contributed by atoms with van der Waals surface area (Å²) in [4.78, 5) is 16.5. The summed E-state index contributed by atoms with van der Waals surface area (Å²) in [6.07, 6.45) is 0.591. The molecule has 30 heavy (non-hydrogen) atoms. The van der Waals surface area contributed by atoms with E-state index < -0.39 is 23.9 Å². The lowest BCUT2D eigenvalue weighted by Crippen LogP contribution is -2.50. The van der Waals surface area contributed by atoms with Gasteiger partial charge in [-0.15, -0.1) is 0 Å². The maximum atomic E-state index is 14.5. The van der Waals surface area contributed by atoms with Crippen LogP contribution in [0.25, 0.3) is 0 Å². The number of anilines is 1. The van der Waals surface area contributed by atoms with E-state index >= 15 is 0 Å². The van der Waals surface area contributed by atoms with Crippen molar-refractivity contribution in [2.45, 2.75) is 83.8 Å². The molecule has 1 amide bonds. The average molecular weight is 418 g/mol. The Morgan fingerprint density at radius 1 is 1.10 bits per heavy atom. The summed E-state index contributed by atoms with van der Waals surface area (Å²) in [6.45, 7) is 14.8. The highest BCUT2D eigenvalue weighted by molar-refractivity contribution is 6.62. The highest BCUT2D eigenvalue weighted by Gasteiger charge is 2.52. The van der Waals surface area contributed by atoms with Crippen molar-refractivity contribution in [3.8, 4) is 0 Å². The van der Waals surface area contributed by atoms with E-state index in [2.05, 4.69) is 4.90 Å². The number of hydrogen-bond donors (Lipinski definition) is 0. The minimum atomic E-state index is -0.609. The number of nitrogens with zero attached hydrogens (tertiary/aromatic N) is 2. The zero-order valence-corrected chi connectivity index (χ0v) is 19.0. The van der Waals surface area contributed by atoms with Gasteiger partial charge in [-0.2, -0.15) is 0 Å². The van der Waals surface area contributed by atoms with E-state index in [0.29, 0.717) is 18.6 Å². The summed E-state index contributed by atoms with van der Waals surface area (Å²) in [6, 6.07) is 5.20. The highest BCUT2D eigenvalue weighted by atomic mass is 19.1. The van der Waals surface area contributed by atoms with E-state index in [1.807, 2.05) is 54.5 Å². The van der Waals surface area contributed by atoms with Crippen molar-refractivity contribution in [1.29, 1.82) is 0 Å². The molecule has 0 spiro atoms. The lowest BCUT2D eigenvalue weighted by atomic mass is 9.78. The number of fused-ring (bicyclic) bond motifs is 2. The van der Waals surface area contributed by atoms with Crippen molar-refractivity contribution in [3.63, 3.8) is 0 Å². The van der Waals surface area contributed by atoms with Crippen LogP contribution in [0.3, 0.4) is 0 Å². The van der Waals surface area contributed by atoms with Gasteiger partial charge in [0.05, 0.1) is 17.2 Å². The van der Waals surface area contributed by atoms with Crippen LogP contribution in [0.4, 0.5) is 14.9 Å². The first-order valence-corrected chi connectivity index (χ1v) is 10.7. The summed E-state index contributed by atoms with van der Waals surface area (Å²) >= 11 is 0. The normalized spacial score (nSPS) is 27.1. The number of piperazine rings is 1. The van der Waals surface area contributed by atoms with Crippen molar-refractivity contribution in [2.75, 3.05) is 18.0 Å². The molecule has 0 N–H and O–H groups in total. The van der Waals surface area contributed by atoms with Gasteiger partial charge in [0.1, 0.15) is 11.4 Å². The third-order valence-electron chi connectivity index (χ3n) is 6.63. The van der Waals surface area contributed by atoms with Crippen molar-refractivity contribution in [2.24, 2.45) is 0 Å². The van der Waals surface area contributed by atoms with Gasteiger partial charge in [0.2, 0.25) is 0 Å². The summed E-state index contributed by atoms with van der Waals surface area (Å²) in [5.74, 6) is -0.316. The summed E-state index contributed by atoms with van der Waals surface area (Å²) < 4.78 is 32.3. The molecule has 3 aliphatic rings. The van der Waals surface area contributed by atoms with Crippen LogP contribution in [-0.4, -0.2) is 60.1 Å². The zero-order valence-electron chi connectivity index (χ0n) is 19.0. The number of likely N-dealkylation sites (tertiary alicyclic amines) is 1. The number of halogens is 1. The Hall–Kier alpha value is -1.80. The fraction of sp³-hybridized carbons (Fsp3) is 0.682. The number of hydrogen-bond acceptors (Lipinski definition) is 5. The molecule has 3 aliphatic heterocycles. The maximum Gasteiger partial charge on any atom is 0.495 e. The first-order chi connectivity index (χ1) is 13.8. The third-order valence-corrected chi connectivity index (χ3v) is 6.63. The molecule has 1 aromatic carbocycles. The lowest BCUT2D eigenvalue weighted by molar-refractivity contribution is 0.00578. The van der Waals surface area contributed by atoms with Crippen LogP contribution in [0.2, 0.25) is 0 Å². The number of ether oxygens (including phenoxy) is 1. The van der Waals surface area contributed by atoms with Crippen LogP contribution < -0.4 is 10.4 Å². The SMILES string of the molecule is CC(C)(C)OC(=O)N1C[C@@H]2CC1CN2c1cc(F)cc(B2OC(C)(C)C(C)(C)O2)c1. The lowest BCUT2D eigenvalue weighted by Gasteiger charge is -2.36. The molecule has 0 aliphatic carbocycles. The minimum Gasteiger partial charge on any atom is -0.444 e. The van der Waals surface area contributed by atoms with Gasteiger partial charge in [0, 0.05) is 24.8 Å². The quantitative estimate of drug-likeness (QED) is 0.690. The Morgan fingerprint density at radius 3 is 2.27 bits per heavy atom. The molecule has 3 saturated heterocycles. The van der Waals surface area contributed by atoms with Gasteiger partial charge in [-0.05, 0) is 78.5 Å². The van der Waals surface area contributed by atoms with Gasteiger partial charge in [-0.1, -0.05) is 0 Å². The molecular formula is C22H32BFN2O4. The highest BCUT2D eigenvalue weighted by Crippen LogP contribution is 2.38. The number of rotatable bonds is 2. The molecule has 0 saturated carbocycles. The Balaban J connectivity index is 1.50. The monoisotopic (exact) mass is 418 g/mol. The number of carbonyl (C=O) groups excluding carboxylic acids is 1. The number of benzene rings is 1. The van der Waals surface area contributed by atoms with E-state index in [1.54, 1.807) is 11.0 Å². The predicted octanol–water partition coefficient (Wildman–Crippen LogP) is 3.32. The van der Waals surface area contributed by atoms with Crippen LogP contribution in [-0.2, 0) is 14.0 Å². The third kappa shape index (κ3) is 3.80. The van der Waals surface area contributed by atoms with Gasteiger partial charge >= 0.3 is 13.2 Å². The van der Waals surface area contributed by atoms with Crippen LogP contribution >= 0.6 is 0 Å². The first kappa shape index (κ1) is 21.4. The minimum absolute atomic E-state index is 0.0772. The van der Waals surface area contributed by atoms with Gasteiger partial charge < -0.3 is 23.8 Å². The molecule has 2 atom stereocenters. The van der Waals surface area contributed by atoms with E-state index in [0.717, 1.165) is 12.1 Å². The molecule has 2 bridgehead atoms. The molecular weight excluding hydrogens is 386 g/mol. The van der Waals surface area contributed by atoms with E-state index in [1.165, 1.54) is 6.07 Å². The van der Waals surface area contributed by atoms with Gasteiger partial charge in [0.15, 0.2) is 0 Å². The molecule has 0 radical (unpaired) electrons. The van der Waals surface area contributed by atoms with Gasteiger partial charge in [-0.3, -0.25) is 0 Å². The second kappa shape index (κ2) is 6.85. The Morgan fingerprint density at radius 2 is 1.73 bits per heavy atom. The molecule has 0 aromatic heterocycles. The molecule has 4 rings (SSSR count). The van der Waals surface area contributed by atoms with Crippen LogP contribution in [0, 0.1) is 5.82 Å². The summed E-state index contributed by atoms with van der Waals surface area (Å²) in [5.41, 5.74) is 0.000492. The second-order valence-corrected chi connectivity index (χ2v) is 10.7. The molecule has 1 unspecified atom stereocenters. The van der Waals surface area contributed by atoms with Gasteiger partial charge in [0.25, 0.3) is 0 Å². The number of carbonyl (C=O) groups is 1. The average Bonchev–Trinajstić information content (AvgIpc) is 3.24. The standard InChI is InChI=1S/C22H32BFN2O4/c1-20(2,3)28-19(27)26-13-17-11-18(26)12-25(17)16-9-14(8-15(24)10-16)23-29-21(4,5)22(6,7)30-23/h8-10,17-18H,11-13H2,1-7H3/t17-,18?/m0/s1. The fourth-order valence-electron chi connectivity index (χ4n) is 4.40. The first-order valence-electron chi connectivity index (χ1n) is 10.7. The van der Waals surface area contributed by atoms with E-state index in [-0.39, 0.29) is 24.0 Å². The molecule has 3 heterocycles. The zero-order chi connectivity index (χ0) is 22.1. The van der Waals surface area contributed by atoms with E-state index in [4.69, 9.17) is 14.0 Å². The van der Waals surface area contributed by atoms with Crippen molar-refractivity contribution in [3.05, 3.63) is 24.0 Å². The Labute approximate surface area is 178 Å². The summed E-state index contributed by atoms with van der Waals surface area (Å²) in [5, 5.41) is 0. The fourth-order valence-corrected chi connectivity index (χ4v) is 4.40. The maximum absolute atomic E-state index is 14.5. The van der Waals surface area contributed by atoms with Crippen molar-refractivity contribution < 1.29 is 23.2 Å². The van der Waals surface area contributed by atoms with Crippen LogP contribution in [0.15, 0.2) is 18.2 Å². The predicted molar refractivity (Wildman–Crippen MR) is 115 cm³/mol. The Bertz CT molecular complexity index is 838. The van der Waals surface area contributed by atoms with Crippen molar-refractivity contribution in [1.82, 2.24) is 4.90 Å². The molecule has 3 fully saturated rings. The largest absolute Gasteiger partial charge is 0.495 e. The van der Waals surface area contributed by atoms with Crippen LogP contribution in [0.5, 0.6) is 0 Å². The molecule has 1 aromatic rings. The molecule has 8 heteroatoms. The molecule has 6 nitrogen and oxygen atoms in total.